The summed E-state index contributed by atoms with van der Waals surface area (Å²) >= 11 is 0. The molecule has 0 aliphatic rings. The first-order valence-electron chi connectivity index (χ1n) is 7.75. The summed E-state index contributed by atoms with van der Waals surface area (Å²) in [5.74, 6) is 1.22. The van der Waals surface area contributed by atoms with Crippen molar-refractivity contribution in [3.05, 3.63) is 72.6 Å². The molecule has 1 heterocycles. The average molecular weight is 322 g/mol. The first kappa shape index (κ1) is 15.8. The molecule has 0 aliphatic heterocycles. The fourth-order valence-corrected chi connectivity index (χ4v) is 2.16. The van der Waals surface area contributed by atoms with Gasteiger partial charge < -0.3 is 14.5 Å². The average Bonchev–Trinajstić information content (AvgIpc) is 3.11. The number of aromatic nitrogens is 1. The summed E-state index contributed by atoms with van der Waals surface area (Å²) in [4.78, 5) is 16.2. The van der Waals surface area contributed by atoms with Crippen molar-refractivity contribution < 1.29 is 13.9 Å². The highest BCUT2D eigenvalue weighted by Crippen LogP contribution is 2.17. The van der Waals surface area contributed by atoms with Crippen molar-refractivity contribution in [2.45, 2.75) is 13.0 Å². The largest absolute Gasteiger partial charge is 0.493 e. The lowest BCUT2D eigenvalue weighted by molar-refractivity contribution is -0.121. The number of ether oxygens (including phenoxy) is 1. The van der Waals surface area contributed by atoms with Crippen molar-refractivity contribution in [1.82, 2.24) is 10.3 Å². The number of para-hydroxylation sites is 1. The summed E-state index contributed by atoms with van der Waals surface area (Å²) in [5, 5.41) is 2.81. The molecule has 0 atom stereocenters. The molecule has 0 bridgehead atoms. The summed E-state index contributed by atoms with van der Waals surface area (Å²) < 4.78 is 10.9. The minimum atomic E-state index is -0.0878. The molecule has 3 aromatic rings. The highest BCUT2D eigenvalue weighted by Gasteiger charge is 2.08. The van der Waals surface area contributed by atoms with Crippen LogP contribution in [0.15, 0.2) is 71.3 Å². The molecule has 1 amide bonds. The van der Waals surface area contributed by atoms with E-state index in [9.17, 15) is 4.79 Å². The number of carbonyl (C=O) groups is 1. The Hall–Kier alpha value is -3.08. The van der Waals surface area contributed by atoms with Crippen LogP contribution < -0.4 is 10.1 Å². The third kappa shape index (κ3) is 4.46. The molecule has 0 saturated heterocycles. The minimum absolute atomic E-state index is 0.0878. The van der Waals surface area contributed by atoms with Crippen molar-refractivity contribution >= 4 is 5.91 Å². The number of rotatable bonds is 7. The normalized spacial score (nSPS) is 10.3. The third-order valence-corrected chi connectivity index (χ3v) is 3.38. The van der Waals surface area contributed by atoms with Crippen LogP contribution in [0.4, 0.5) is 0 Å². The van der Waals surface area contributed by atoms with Crippen molar-refractivity contribution in [2.75, 3.05) is 6.61 Å². The molecule has 1 N–H and O–H groups in total. The molecule has 0 fully saturated rings. The second kappa shape index (κ2) is 7.97. The highest BCUT2D eigenvalue weighted by atomic mass is 16.5. The Morgan fingerprint density at radius 2 is 1.75 bits per heavy atom. The predicted molar refractivity (Wildman–Crippen MR) is 90.3 cm³/mol. The number of benzene rings is 2. The zero-order valence-corrected chi connectivity index (χ0v) is 13.1. The molecule has 0 unspecified atom stereocenters. The fourth-order valence-electron chi connectivity index (χ4n) is 2.16. The van der Waals surface area contributed by atoms with E-state index >= 15 is 0 Å². The van der Waals surface area contributed by atoms with Crippen LogP contribution in [0.25, 0.3) is 11.5 Å². The zero-order valence-electron chi connectivity index (χ0n) is 13.1. The van der Waals surface area contributed by atoms with Gasteiger partial charge in [0.1, 0.15) is 12.0 Å². The molecular weight excluding hydrogens is 304 g/mol. The van der Waals surface area contributed by atoms with Crippen molar-refractivity contribution in [3.63, 3.8) is 0 Å². The van der Waals surface area contributed by atoms with Crippen LogP contribution >= 0.6 is 0 Å². The van der Waals surface area contributed by atoms with Crippen LogP contribution in [0, 0.1) is 0 Å². The van der Waals surface area contributed by atoms with E-state index in [1.807, 2.05) is 60.7 Å². The predicted octanol–water partition coefficient (Wildman–Crippen LogP) is 3.43. The number of hydrogen-bond donors (Lipinski definition) is 1. The molecule has 3 rings (SSSR count). The maximum Gasteiger partial charge on any atom is 0.226 e. The second-order valence-electron chi connectivity index (χ2n) is 5.20. The number of oxazole rings is 1. The van der Waals surface area contributed by atoms with E-state index in [2.05, 4.69) is 10.3 Å². The Labute approximate surface area is 140 Å². The van der Waals surface area contributed by atoms with Gasteiger partial charge in [-0.1, -0.05) is 36.4 Å². The van der Waals surface area contributed by atoms with Gasteiger partial charge in [-0.25, -0.2) is 4.98 Å². The zero-order chi connectivity index (χ0) is 16.6. The Kier molecular flexibility index (Phi) is 5.24. The lowest BCUT2D eigenvalue weighted by atomic mass is 10.2. The Bertz CT molecular complexity index is 770. The van der Waals surface area contributed by atoms with Crippen LogP contribution in [0.3, 0.4) is 0 Å². The molecule has 0 spiro atoms. The first-order chi connectivity index (χ1) is 11.8. The van der Waals surface area contributed by atoms with Crippen LogP contribution in [0.2, 0.25) is 0 Å². The maximum absolute atomic E-state index is 11.8. The quantitative estimate of drug-likeness (QED) is 0.724. The second-order valence-corrected chi connectivity index (χ2v) is 5.20. The summed E-state index contributed by atoms with van der Waals surface area (Å²) in [6.07, 6.45) is 1.85. The number of nitrogens with zero attached hydrogens (tertiary/aromatic N) is 1. The van der Waals surface area contributed by atoms with Crippen LogP contribution in [0.5, 0.6) is 5.75 Å². The molecule has 2 aromatic carbocycles. The van der Waals surface area contributed by atoms with Gasteiger partial charge in [-0.05, 0) is 24.3 Å². The van der Waals surface area contributed by atoms with E-state index < -0.39 is 0 Å². The molecule has 122 valence electrons. The summed E-state index contributed by atoms with van der Waals surface area (Å²) in [6, 6.07) is 19.1. The maximum atomic E-state index is 11.8. The molecule has 5 nitrogen and oxygen atoms in total. The monoisotopic (exact) mass is 322 g/mol. The van der Waals surface area contributed by atoms with Gasteiger partial charge in [0.15, 0.2) is 0 Å². The van der Waals surface area contributed by atoms with E-state index in [1.165, 1.54) is 0 Å². The van der Waals surface area contributed by atoms with Gasteiger partial charge in [-0.15, -0.1) is 0 Å². The third-order valence-electron chi connectivity index (χ3n) is 3.38. The molecule has 0 saturated carbocycles. The molecule has 0 aliphatic carbocycles. The van der Waals surface area contributed by atoms with Gasteiger partial charge in [0.05, 0.1) is 25.3 Å². The van der Waals surface area contributed by atoms with Gasteiger partial charge in [-0.3, -0.25) is 4.79 Å². The molecule has 5 heteroatoms. The number of amides is 1. The molecule has 24 heavy (non-hydrogen) atoms. The molecule has 1 aromatic heterocycles. The first-order valence-corrected chi connectivity index (χ1v) is 7.75. The minimum Gasteiger partial charge on any atom is -0.493 e. The lowest BCUT2D eigenvalue weighted by Crippen LogP contribution is -2.24. The SMILES string of the molecule is O=C(CCOc1ccccc1)NCc1coc(-c2ccccc2)n1. The van der Waals surface area contributed by atoms with Crippen molar-refractivity contribution in [1.29, 1.82) is 0 Å². The molecular formula is C19H18N2O3. The van der Waals surface area contributed by atoms with Gasteiger partial charge in [0, 0.05) is 5.56 Å². The number of carbonyl (C=O) groups excluding carboxylic acids is 1. The van der Waals surface area contributed by atoms with Crippen molar-refractivity contribution in [3.8, 4) is 17.2 Å². The Morgan fingerprint density at radius 1 is 1.04 bits per heavy atom. The highest BCUT2D eigenvalue weighted by molar-refractivity contribution is 5.75. The summed E-state index contributed by atoms with van der Waals surface area (Å²) in [7, 11) is 0. The van der Waals surface area contributed by atoms with Crippen molar-refractivity contribution in [2.24, 2.45) is 0 Å². The standard InChI is InChI=1S/C19H18N2O3/c22-18(11-12-23-17-9-5-2-6-10-17)20-13-16-14-24-19(21-16)15-7-3-1-4-8-15/h1-10,14H,11-13H2,(H,20,22). The summed E-state index contributed by atoms with van der Waals surface area (Å²) in [6.45, 7) is 0.671. The molecule has 0 radical (unpaired) electrons. The Morgan fingerprint density at radius 3 is 2.50 bits per heavy atom. The van der Waals surface area contributed by atoms with Crippen LogP contribution in [0.1, 0.15) is 12.1 Å². The van der Waals surface area contributed by atoms with Gasteiger partial charge in [0.2, 0.25) is 11.8 Å². The summed E-state index contributed by atoms with van der Waals surface area (Å²) in [5.41, 5.74) is 1.59. The van der Waals surface area contributed by atoms with Gasteiger partial charge in [-0.2, -0.15) is 0 Å². The lowest BCUT2D eigenvalue weighted by Gasteiger charge is -2.06. The van der Waals surface area contributed by atoms with E-state index in [-0.39, 0.29) is 12.3 Å². The van der Waals surface area contributed by atoms with Crippen LogP contribution in [-0.2, 0) is 11.3 Å². The number of hydrogen-bond acceptors (Lipinski definition) is 4. The van der Waals surface area contributed by atoms with E-state index in [4.69, 9.17) is 9.15 Å². The smallest absolute Gasteiger partial charge is 0.226 e. The topological polar surface area (TPSA) is 64.4 Å². The fraction of sp³-hybridized carbons (Fsp3) is 0.158. The van der Waals surface area contributed by atoms with Crippen LogP contribution in [-0.4, -0.2) is 17.5 Å². The van der Waals surface area contributed by atoms with Gasteiger partial charge >= 0.3 is 0 Å². The van der Waals surface area contributed by atoms with E-state index in [0.717, 1.165) is 11.3 Å². The van der Waals surface area contributed by atoms with E-state index in [0.29, 0.717) is 24.7 Å². The Balaban J connectivity index is 1.42. The van der Waals surface area contributed by atoms with E-state index in [1.54, 1.807) is 6.26 Å². The number of nitrogens with one attached hydrogen (secondary N) is 1. The van der Waals surface area contributed by atoms with Gasteiger partial charge in [0.25, 0.3) is 0 Å².